The summed E-state index contributed by atoms with van der Waals surface area (Å²) in [5, 5.41) is 0.0855. The summed E-state index contributed by atoms with van der Waals surface area (Å²) >= 11 is 0. The summed E-state index contributed by atoms with van der Waals surface area (Å²) in [5.74, 6) is 0.324. The number of benzene rings is 3. The molecule has 190 valence electrons. The summed E-state index contributed by atoms with van der Waals surface area (Å²) in [4.78, 5) is 29.1. The average molecular weight is 502 g/mol. The molecule has 0 radical (unpaired) electrons. The van der Waals surface area contributed by atoms with E-state index in [0.29, 0.717) is 35.3 Å². The lowest BCUT2D eigenvalue weighted by molar-refractivity contribution is 0.0971. The summed E-state index contributed by atoms with van der Waals surface area (Å²) in [6.45, 7) is 8.57. The third-order valence-electron chi connectivity index (χ3n) is 6.68. The molecule has 0 bridgehead atoms. The van der Waals surface area contributed by atoms with E-state index in [1.165, 1.54) is 12.1 Å². The fourth-order valence-corrected chi connectivity index (χ4v) is 4.63. The number of halogens is 1. The molecule has 1 atom stereocenters. The van der Waals surface area contributed by atoms with E-state index in [1.54, 1.807) is 24.1 Å². The van der Waals surface area contributed by atoms with Gasteiger partial charge in [0.15, 0.2) is 16.9 Å². The van der Waals surface area contributed by atoms with Crippen molar-refractivity contribution in [2.45, 2.75) is 33.7 Å². The van der Waals surface area contributed by atoms with Gasteiger partial charge in [-0.1, -0.05) is 26.0 Å². The second-order valence-electron chi connectivity index (χ2n) is 9.78. The van der Waals surface area contributed by atoms with Gasteiger partial charge in [0, 0.05) is 5.69 Å². The minimum absolute atomic E-state index is 0.0496. The molecule has 1 unspecified atom stereocenters. The van der Waals surface area contributed by atoms with Crippen LogP contribution >= 0.6 is 0 Å². The van der Waals surface area contributed by atoms with Crippen LogP contribution in [0.3, 0.4) is 0 Å². The highest BCUT2D eigenvalue weighted by molar-refractivity contribution is 6.10. The Morgan fingerprint density at radius 1 is 0.973 bits per heavy atom. The van der Waals surface area contributed by atoms with Crippen molar-refractivity contribution in [3.05, 3.63) is 98.7 Å². The third-order valence-corrected chi connectivity index (χ3v) is 6.68. The number of anilines is 1. The third kappa shape index (κ3) is 4.24. The standard InChI is InChI=1S/C30H28FNO5/c1-16(2)15-36-24-10-7-19(13-25(24)35-5)27-26-28(33)22-14-20(31)8-11-23(22)37-29(26)30(34)32(27)21-9-6-17(3)18(4)12-21/h6-14,16,27H,15H2,1-5H3. The average Bonchev–Trinajstić information content (AvgIpc) is 3.17. The fraction of sp³-hybridized carbons (Fsp3) is 0.267. The van der Waals surface area contributed by atoms with Crippen LogP contribution in [-0.4, -0.2) is 19.6 Å². The molecule has 1 aliphatic heterocycles. The number of carbonyl (C=O) groups excluding carboxylic acids is 1. The second-order valence-corrected chi connectivity index (χ2v) is 9.78. The number of nitrogens with zero attached hydrogens (tertiary/aromatic N) is 1. The lowest BCUT2D eigenvalue weighted by Crippen LogP contribution is -2.29. The Morgan fingerprint density at radius 3 is 2.46 bits per heavy atom. The monoisotopic (exact) mass is 501 g/mol. The minimum Gasteiger partial charge on any atom is -0.493 e. The first-order valence-corrected chi connectivity index (χ1v) is 12.2. The Kier molecular flexibility index (Phi) is 6.23. The lowest BCUT2D eigenvalue weighted by Gasteiger charge is -2.26. The zero-order chi connectivity index (χ0) is 26.4. The molecule has 4 aromatic rings. The predicted octanol–water partition coefficient (Wildman–Crippen LogP) is 6.34. The molecular weight excluding hydrogens is 473 g/mol. The van der Waals surface area contributed by atoms with Gasteiger partial charge in [0.25, 0.3) is 5.91 Å². The van der Waals surface area contributed by atoms with Crippen LogP contribution in [0, 0.1) is 25.6 Å². The predicted molar refractivity (Wildman–Crippen MR) is 140 cm³/mol. The highest BCUT2D eigenvalue weighted by Gasteiger charge is 2.44. The van der Waals surface area contributed by atoms with E-state index < -0.39 is 23.2 Å². The Labute approximate surface area is 214 Å². The van der Waals surface area contributed by atoms with Crippen LogP contribution in [0.5, 0.6) is 11.5 Å². The molecule has 3 aromatic carbocycles. The van der Waals surface area contributed by atoms with Crippen LogP contribution in [0.25, 0.3) is 11.0 Å². The Balaban J connectivity index is 1.74. The van der Waals surface area contributed by atoms with Crippen LogP contribution in [0.15, 0.2) is 63.8 Å². The molecule has 1 aromatic heterocycles. The molecule has 5 rings (SSSR count). The maximum Gasteiger partial charge on any atom is 0.295 e. The van der Waals surface area contributed by atoms with Gasteiger partial charge in [-0.3, -0.25) is 14.5 Å². The van der Waals surface area contributed by atoms with Gasteiger partial charge < -0.3 is 13.9 Å². The maximum atomic E-state index is 14.1. The summed E-state index contributed by atoms with van der Waals surface area (Å²) in [6.07, 6.45) is 0. The molecule has 0 saturated carbocycles. The lowest BCUT2D eigenvalue weighted by atomic mass is 9.97. The minimum atomic E-state index is -0.804. The van der Waals surface area contributed by atoms with Crippen molar-refractivity contribution in [2.75, 3.05) is 18.6 Å². The van der Waals surface area contributed by atoms with Gasteiger partial charge >= 0.3 is 0 Å². The molecule has 2 heterocycles. The van der Waals surface area contributed by atoms with E-state index in [0.717, 1.165) is 17.2 Å². The quantitative estimate of drug-likeness (QED) is 0.308. The van der Waals surface area contributed by atoms with Crippen molar-refractivity contribution in [1.29, 1.82) is 0 Å². The number of rotatable bonds is 6. The van der Waals surface area contributed by atoms with Gasteiger partial charge in [-0.15, -0.1) is 0 Å². The van der Waals surface area contributed by atoms with E-state index in [1.807, 2.05) is 38.1 Å². The van der Waals surface area contributed by atoms with Crippen molar-refractivity contribution < 1.29 is 23.1 Å². The topological polar surface area (TPSA) is 69.0 Å². The van der Waals surface area contributed by atoms with Crippen LogP contribution < -0.4 is 19.8 Å². The molecule has 0 fully saturated rings. The number of hydrogen-bond donors (Lipinski definition) is 0. The van der Waals surface area contributed by atoms with Crippen molar-refractivity contribution in [3.63, 3.8) is 0 Å². The van der Waals surface area contributed by atoms with Gasteiger partial charge in [0.2, 0.25) is 5.76 Å². The van der Waals surface area contributed by atoms with Crippen LogP contribution in [0.2, 0.25) is 0 Å². The first-order valence-electron chi connectivity index (χ1n) is 12.2. The largest absolute Gasteiger partial charge is 0.493 e. The number of hydrogen-bond acceptors (Lipinski definition) is 5. The first kappa shape index (κ1) is 24.6. The molecule has 6 nitrogen and oxygen atoms in total. The molecule has 1 aliphatic rings. The van der Waals surface area contributed by atoms with E-state index >= 15 is 0 Å². The van der Waals surface area contributed by atoms with E-state index in [2.05, 4.69) is 13.8 Å². The van der Waals surface area contributed by atoms with E-state index in [-0.39, 0.29) is 22.3 Å². The van der Waals surface area contributed by atoms with Crippen molar-refractivity contribution in [3.8, 4) is 11.5 Å². The van der Waals surface area contributed by atoms with Crippen molar-refractivity contribution >= 4 is 22.6 Å². The summed E-state index contributed by atoms with van der Waals surface area (Å²) in [6, 6.07) is 14.0. The Bertz CT molecular complexity index is 1590. The summed E-state index contributed by atoms with van der Waals surface area (Å²) < 4.78 is 31.5. The molecule has 0 spiro atoms. The second kappa shape index (κ2) is 9.39. The normalized spacial score (nSPS) is 14.9. The summed E-state index contributed by atoms with van der Waals surface area (Å²) in [5.41, 5.74) is 3.23. The highest BCUT2D eigenvalue weighted by atomic mass is 19.1. The maximum absolute atomic E-state index is 14.1. The van der Waals surface area contributed by atoms with Crippen molar-refractivity contribution in [2.24, 2.45) is 5.92 Å². The molecule has 0 N–H and O–H groups in total. The number of carbonyl (C=O) groups is 1. The molecule has 7 heteroatoms. The number of ether oxygens (including phenoxy) is 2. The van der Waals surface area contributed by atoms with Gasteiger partial charge in [0.05, 0.1) is 30.7 Å². The Morgan fingerprint density at radius 2 is 1.76 bits per heavy atom. The van der Waals surface area contributed by atoms with Crippen molar-refractivity contribution in [1.82, 2.24) is 0 Å². The molecule has 0 aliphatic carbocycles. The highest BCUT2D eigenvalue weighted by Crippen LogP contribution is 2.43. The van der Waals surface area contributed by atoms with Gasteiger partial charge in [-0.05, 0) is 78.9 Å². The Hall–Kier alpha value is -4.13. The zero-order valence-electron chi connectivity index (χ0n) is 21.4. The van der Waals surface area contributed by atoms with Crippen LogP contribution in [0.4, 0.5) is 10.1 Å². The molecular formula is C30H28FNO5. The van der Waals surface area contributed by atoms with Crippen LogP contribution in [0.1, 0.15) is 52.7 Å². The first-order chi connectivity index (χ1) is 17.7. The van der Waals surface area contributed by atoms with Gasteiger partial charge in [-0.2, -0.15) is 0 Å². The van der Waals surface area contributed by atoms with Gasteiger partial charge in [-0.25, -0.2) is 4.39 Å². The number of methoxy groups -OCH3 is 1. The zero-order valence-corrected chi connectivity index (χ0v) is 21.4. The summed E-state index contributed by atoms with van der Waals surface area (Å²) in [7, 11) is 1.54. The number of fused-ring (bicyclic) bond motifs is 2. The molecule has 0 saturated heterocycles. The number of aryl methyl sites for hydroxylation is 2. The smallest absolute Gasteiger partial charge is 0.295 e. The van der Waals surface area contributed by atoms with E-state index in [9.17, 15) is 14.0 Å². The van der Waals surface area contributed by atoms with Crippen LogP contribution in [-0.2, 0) is 0 Å². The number of amides is 1. The van der Waals surface area contributed by atoms with Gasteiger partial charge in [0.1, 0.15) is 11.4 Å². The fourth-order valence-electron chi connectivity index (χ4n) is 4.63. The SMILES string of the molecule is COc1cc(C2c3c(oc4ccc(F)cc4c3=O)C(=O)N2c2ccc(C)c(C)c2)ccc1OCC(C)C. The van der Waals surface area contributed by atoms with E-state index in [4.69, 9.17) is 13.9 Å². The molecule has 37 heavy (non-hydrogen) atoms. The molecule has 1 amide bonds.